The Morgan fingerprint density at radius 3 is 1.17 bits per heavy atom. The molecule has 0 spiro atoms. The number of hydrogen-bond acceptors (Lipinski definition) is 7. The summed E-state index contributed by atoms with van der Waals surface area (Å²) in [4.78, 5) is 30.9. The number of halogens is 3. The first-order chi connectivity index (χ1) is 62.3. The van der Waals surface area contributed by atoms with Gasteiger partial charge in [-0.05, 0) is 174 Å². The van der Waals surface area contributed by atoms with Crippen molar-refractivity contribution >= 4 is 166 Å². The summed E-state index contributed by atoms with van der Waals surface area (Å²) in [7, 11) is 9.75. The summed E-state index contributed by atoms with van der Waals surface area (Å²) in [6.07, 6.45) is 11.0. The van der Waals surface area contributed by atoms with E-state index in [1.54, 1.807) is 12.1 Å². The molecule has 12 heterocycles. The molecule has 0 saturated heterocycles. The summed E-state index contributed by atoms with van der Waals surface area (Å²) in [5.74, 6) is 2.73. The molecule has 12 aromatic heterocycles. The fourth-order valence-corrected chi connectivity index (χ4v) is 17.4. The average molecular weight is 2100 g/mol. The smallest absolute Gasteiger partial charge is 0.354 e. The van der Waals surface area contributed by atoms with Gasteiger partial charge >= 0.3 is 56.4 Å². The number of para-hydroxylation sites is 6. The number of rotatable bonds is 8. The second-order valence-corrected chi connectivity index (χ2v) is 34.0. The molecular formula is C109H70BrCl2N13Pt2. The Morgan fingerprint density at radius 1 is 0.291 bits per heavy atom. The van der Waals surface area contributed by atoms with Crippen molar-refractivity contribution in [3.05, 3.63) is 442 Å². The molecule has 25 rings (SSSR count). The van der Waals surface area contributed by atoms with Crippen molar-refractivity contribution in [2.75, 3.05) is 0 Å². The minimum Gasteiger partial charge on any atom is -0.354 e. The van der Waals surface area contributed by atoms with Gasteiger partial charge in [0.25, 0.3) is 0 Å². The molecule has 127 heavy (non-hydrogen) atoms. The van der Waals surface area contributed by atoms with Gasteiger partial charge in [-0.25, -0.2) is 15.0 Å². The van der Waals surface area contributed by atoms with Crippen LogP contribution in [0.4, 0.5) is 0 Å². The number of pyridine rings is 6. The second-order valence-electron chi connectivity index (χ2n) is 29.8. The average Bonchev–Trinajstić information content (AvgIpc) is 1.58. The van der Waals surface area contributed by atoms with Crippen LogP contribution in [0.3, 0.4) is 0 Å². The molecule has 0 radical (unpaired) electrons. The largest absolute Gasteiger partial charge is 2.00 e. The zero-order chi connectivity index (χ0) is 84.8. The van der Waals surface area contributed by atoms with E-state index in [1.807, 2.05) is 159 Å². The van der Waals surface area contributed by atoms with Gasteiger partial charge in [-0.1, -0.05) is 239 Å². The van der Waals surface area contributed by atoms with Gasteiger partial charge in [-0.3, -0.25) is 19.1 Å². The number of aromatic nitrogens is 12. The Hall–Kier alpha value is -14.5. The Morgan fingerprint density at radius 2 is 0.661 bits per heavy atom. The van der Waals surface area contributed by atoms with Crippen molar-refractivity contribution in [2.45, 2.75) is 0 Å². The molecule has 25 aromatic rings. The van der Waals surface area contributed by atoms with Gasteiger partial charge in [0, 0.05) is 124 Å². The van der Waals surface area contributed by atoms with Crippen molar-refractivity contribution in [1.29, 1.82) is 5.26 Å². The fourth-order valence-electron chi connectivity index (χ4n) is 17.1. The molecule has 0 atom stereocenters. The first-order valence-electron chi connectivity index (χ1n) is 40.8. The third-order valence-electron chi connectivity index (χ3n) is 22.5. The summed E-state index contributed by atoms with van der Waals surface area (Å²) in [5, 5.41) is 22.9. The minimum atomic E-state index is -0.472. The number of nitrogens with one attached hydrogen (secondary N) is 1. The predicted octanol–water partition coefficient (Wildman–Crippen LogP) is 28.5. The molecule has 612 valence electrons. The number of fused-ring (bicyclic) bond motifs is 18. The summed E-state index contributed by atoms with van der Waals surface area (Å²) in [6, 6.07) is 141. The second kappa shape index (κ2) is 37.1. The summed E-state index contributed by atoms with van der Waals surface area (Å²) >= 11 is 3.09. The maximum absolute atomic E-state index is 8.29. The van der Waals surface area contributed by atoms with E-state index >= 15 is 0 Å². The number of aromatic amines is 1. The molecule has 0 aliphatic heterocycles. The first kappa shape index (κ1) is 82.1. The van der Waals surface area contributed by atoms with E-state index < -0.39 is 16.5 Å². The van der Waals surface area contributed by atoms with Gasteiger partial charge in [-0.2, -0.15) is 11.3 Å². The van der Waals surface area contributed by atoms with E-state index in [1.165, 1.54) is 75.9 Å². The van der Waals surface area contributed by atoms with E-state index in [-0.39, 0.29) is 21.1 Å². The monoisotopic (exact) mass is 2100 g/mol. The topological polar surface area (TPSA) is 142 Å². The molecule has 0 aliphatic carbocycles. The van der Waals surface area contributed by atoms with Gasteiger partial charge in [0.05, 0.1) is 56.1 Å². The molecular weight excluding hydrogens is 2030 g/mol. The summed E-state index contributed by atoms with van der Waals surface area (Å²) in [5.41, 5.74) is 22.4. The van der Waals surface area contributed by atoms with Crippen LogP contribution in [0.1, 0.15) is 5.56 Å². The first-order valence-corrected chi connectivity index (χ1v) is 47.2. The van der Waals surface area contributed by atoms with Crippen molar-refractivity contribution in [3.8, 4) is 68.7 Å². The summed E-state index contributed by atoms with van der Waals surface area (Å²) < 4.78 is 12.4. The molecule has 0 fully saturated rings. The Labute approximate surface area is 769 Å². The van der Waals surface area contributed by atoms with Crippen molar-refractivity contribution < 1.29 is 37.5 Å². The quantitative estimate of drug-likeness (QED) is 0.149. The van der Waals surface area contributed by atoms with Gasteiger partial charge < -0.3 is 23.7 Å². The minimum absolute atomic E-state index is 0. The van der Waals surface area contributed by atoms with E-state index in [2.05, 4.69) is 336 Å². The molecule has 0 bridgehead atoms. The third-order valence-corrected chi connectivity index (χ3v) is 23.0. The van der Waals surface area contributed by atoms with E-state index in [0.717, 1.165) is 122 Å². The van der Waals surface area contributed by atoms with Crippen LogP contribution in [-0.4, -0.2) is 57.7 Å². The van der Waals surface area contributed by atoms with Crippen LogP contribution >= 0.6 is 34.8 Å². The van der Waals surface area contributed by atoms with Crippen LogP contribution in [0.15, 0.2) is 424 Å². The van der Waals surface area contributed by atoms with Gasteiger partial charge in [0.2, 0.25) is 0 Å². The van der Waals surface area contributed by atoms with E-state index in [9.17, 15) is 0 Å². The number of benzene rings is 13. The zero-order valence-electron chi connectivity index (χ0n) is 67.5. The molecule has 1 N–H and O–H groups in total. The van der Waals surface area contributed by atoms with Crippen LogP contribution in [-0.2, 0) is 37.5 Å². The molecule has 13 nitrogen and oxygen atoms in total. The van der Waals surface area contributed by atoms with Crippen LogP contribution in [0.25, 0.3) is 193 Å². The van der Waals surface area contributed by atoms with Crippen molar-refractivity contribution in [1.82, 2.24) is 57.7 Å². The third kappa shape index (κ3) is 16.2. The van der Waals surface area contributed by atoms with Crippen LogP contribution in [0.2, 0.25) is 0 Å². The molecule has 0 unspecified atom stereocenters. The predicted molar refractivity (Wildman–Crippen MR) is 518 cm³/mol. The Bertz CT molecular complexity index is 8000. The van der Waals surface area contributed by atoms with E-state index in [4.69, 9.17) is 29.1 Å². The number of H-pyrrole nitrogens is 1. The molecule has 0 amide bonds. The van der Waals surface area contributed by atoms with Gasteiger partial charge in [0.15, 0.2) is 0 Å². The maximum atomic E-state index is 8.29. The number of nitriles is 1. The van der Waals surface area contributed by atoms with E-state index in [0.29, 0.717) is 5.56 Å². The summed E-state index contributed by atoms with van der Waals surface area (Å²) in [6.45, 7) is 0. The van der Waals surface area contributed by atoms with Crippen LogP contribution < -0.4 is 0 Å². The number of nitrogens with zero attached hydrogens (tertiary/aromatic N) is 12. The standard InChI is InChI=1S/C34H22N4.C34H20N4.C17H11BrN2.C17H12N2.C7H5N.2ClH.2Pt/c2*1-3-12-30-25(9-1)27-17-15-23(29-11-5-7-19-35-29)21-32(27)37(30)24-16-18-28-26-10-2-4-13-31(26)38(33(28)22-24)34-14-6-8-20-36-34;18-12-8-9-14-13-5-1-2-6-15(13)20(16(14)11-12)17-7-3-4-10-19-17;1-2-7-16-13(5-1)14-9-8-12(11-17(14)19-16)15-6-3-4-10-18-15;8-6-7-4-2-1-3-5-7;;;;/h1-22H;1-20H;1-11H;1-11,19H;1-5H;2*1H;;/q;-2;;;;;;2*+2/p-2. The normalized spacial score (nSPS) is 11.1. The fraction of sp³-hybridized carbons (Fsp3) is 0. The molecule has 0 aliphatic rings. The van der Waals surface area contributed by atoms with Crippen molar-refractivity contribution in [2.24, 2.45) is 0 Å². The molecule has 18 heteroatoms. The van der Waals surface area contributed by atoms with Crippen LogP contribution in [0, 0.1) is 23.5 Å². The van der Waals surface area contributed by atoms with Gasteiger partial charge in [0.1, 0.15) is 17.5 Å². The van der Waals surface area contributed by atoms with Crippen molar-refractivity contribution in [3.63, 3.8) is 0 Å². The molecule has 0 saturated carbocycles. The number of hydrogen-bond donors (Lipinski definition) is 1. The zero-order valence-corrected chi connectivity index (χ0v) is 75.1. The SMILES string of the molecule is Brc1ccc2c3ccccc3n(-c3ccccn3)c2c1.N#Cc1ccccc1.[Cl][Pt][Cl].[Pt+2].[c-]1c(-c2ccccn2)ccc2c3ccccc3n(-c3[c-]c4c(cc3)c3ccccc3n4-c3ccccn3)c12.c1ccc(-c2ccc3c(c2)[nH]c2ccccc23)nc1.c1ccc(-c2ccc3c4ccccc4n(-c4ccc5c6ccccc6n(-c6ccccn6)c5c4)c3c2)nc1. The maximum Gasteiger partial charge on any atom is 2.00 e. The van der Waals surface area contributed by atoms with Gasteiger partial charge in [-0.15, -0.1) is 41.3 Å². The Kier molecular flexibility index (Phi) is 24.0. The Balaban J connectivity index is 0.000000110. The van der Waals surface area contributed by atoms with Crippen LogP contribution in [0.5, 0.6) is 0 Å². The molecule has 13 aromatic carbocycles.